The molecule has 24 heavy (non-hydrogen) atoms. The first-order valence-electron chi connectivity index (χ1n) is 7.92. The highest BCUT2D eigenvalue weighted by atomic mass is 16.6. The van der Waals surface area contributed by atoms with E-state index in [-0.39, 0.29) is 6.42 Å². The Morgan fingerprint density at radius 1 is 1.12 bits per heavy atom. The summed E-state index contributed by atoms with van der Waals surface area (Å²) in [5.41, 5.74) is 0.368. The lowest BCUT2D eigenvalue weighted by Crippen LogP contribution is -2.41. The second-order valence-electron chi connectivity index (χ2n) is 6.78. The van der Waals surface area contributed by atoms with Crippen LogP contribution >= 0.6 is 0 Å². The molecule has 2 N–H and O–H groups in total. The van der Waals surface area contributed by atoms with Crippen LogP contribution in [0.1, 0.15) is 32.8 Å². The van der Waals surface area contributed by atoms with E-state index < -0.39 is 23.7 Å². The highest BCUT2D eigenvalue weighted by molar-refractivity contribution is 5.85. The van der Waals surface area contributed by atoms with Crippen LogP contribution in [0.3, 0.4) is 0 Å². The number of hydrogen-bond donors (Lipinski definition) is 2. The largest absolute Gasteiger partial charge is 0.481 e. The normalized spacial score (nSPS) is 12.6. The molecule has 0 fully saturated rings. The zero-order chi connectivity index (χ0) is 17.7. The Hall–Kier alpha value is -2.56. The van der Waals surface area contributed by atoms with Crippen LogP contribution < -0.4 is 5.32 Å². The second-order valence-corrected chi connectivity index (χ2v) is 6.78. The summed E-state index contributed by atoms with van der Waals surface area (Å²) >= 11 is 0. The maximum Gasteiger partial charge on any atom is 0.407 e. The summed E-state index contributed by atoms with van der Waals surface area (Å²) in [5, 5.41) is 13.9. The lowest BCUT2D eigenvalue weighted by atomic mass is 9.97. The minimum atomic E-state index is -0.962. The number of carboxylic acid groups (broad SMARTS) is 1. The van der Waals surface area contributed by atoms with E-state index in [4.69, 9.17) is 9.84 Å². The fraction of sp³-hybridized carbons (Fsp3) is 0.368. The van der Waals surface area contributed by atoms with Gasteiger partial charge in [-0.2, -0.15) is 0 Å². The highest BCUT2D eigenvalue weighted by Crippen LogP contribution is 2.20. The Morgan fingerprint density at radius 2 is 1.79 bits per heavy atom. The van der Waals surface area contributed by atoms with E-state index in [1.807, 2.05) is 42.5 Å². The molecule has 0 saturated carbocycles. The molecule has 0 aromatic heterocycles. The maximum absolute atomic E-state index is 12.0. The molecule has 2 aromatic rings. The number of carboxylic acids is 1. The number of benzene rings is 2. The molecule has 0 spiro atoms. The van der Waals surface area contributed by atoms with E-state index in [1.54, 1.807) is 20.8 Å². The predicted molar refractivity (Wildman–Crippen MR) is 93.1 cm³/mol. The van der Waals surface area contributed by atoms with Gasteiger partial charge in [0.1, 0.15) is 5.60 Å². The average Bonchev–Trinajstić information content (AvgIpc) is 2.44. The predicted octanol–water partition coefficient (Wildman–Crippen LogP) is 3.75. The minimum absolute atomic E-state index is 0.164. The summed E-state index contributed by atoms with van der Waals surface area (Å²) in [7, 11) is 0. The summed E-state index contributed by atoms with van der Waals surface area (Å²) in [5.74, 6) is -0.962. The van der Waals surface area contributed by atoms with Crippen LogP contribution in [0.4, 0.5) is 4.79 Å². The number of carbonyl (C=O) groups excluding carboxylic acids is 1. The van der Waals surface area contributed by atoms with Gasteiger partial charge in [-0.1, -0.05) is 42.5 Å². The van der Waals surface area contributed by atoms with E-state index in [0.717, 1.165) is 16.3 Å². The fourth-order valence-electron chi connectivity index (χ4n) is 2.60. The van der Waals surface area contributed by atoms with Gasteiger partial charge in [0.15, 0.2) is 0 Å². The highest BCUT2D eigenvalue weighted by Gasteiger charge is 2.22. The van der Waals surface area contributed by atoms with Crippen molar-refractivity contribution in [1.82, 2.24) is 5.32 Å². The maximum atomic E-state index is 12.0. The molecule has 0 bridgehead atoms. The van der Waals surface area contributed by atoms with Crippen molar-refractivity contribution in [2.45, 2.75) is 45.3 Å². The van der Waals surface area contributed by atoms with Crippen LogP contribution in [-0.4, -0.2) is 28.8 Å². The lowest BCUT2D eigenvalue weighted by molar-refractivity contribution is -0.137. The first-order chi connectivity index (χ1) is 11.2. The fourth-order valence-corrected chi connectivity index (χ4v) is 2.60. The number of rotatable bonds is 5. The SMILES string of the molecule is CC(C)(C)OC(=O)N[C@@H](CC(=O)O)Cc1cccc2ccccc12. The molecular weight excluding hydrogens is 306 g/mol. The Balaban J connectivity index is 2.19. The molecule has 0 heterocycles. The molecule has 0 radical (unpaired) electrons. The third-order valence-corrected chi connectivity index (χ3v) is 3.49. The van der Waals surface area contributed by atoms with Crippen molar-refractivity contribution in [2.24, 2.45) is 0 Å². The first-order valence-corrected chi connectivity index (χ1v) is 7.92. The molecule has 0 unspecified atom stereocenters. The molecule has 128 valence electrons. The molecular formula is C19H23NO4. The van der Waals surface area contributed by atoms with Gasteiger partial charge in [0.25, 0.3) is 0 Å². The van der Waals surface area contributed by atoms with Crippen LogP contribution in [0.5, 0.6) is 0 Å². The number of aliphatic carboxylic acids is 1. The van der Waals surface area contributed by atoms with Gasteiger partial charge in [0.05, 0.1) is 6.42 Å². The standard InChI is InChI=1S/C19H23NO4/c1-19(2,3)24-18(23)20-15(12-17(21)22)11-14-9-6-8-13-7-4-5-10-16(13)14/h4-10,15H,11-12H2,1-3H3,(H,20,23)(H,21,22)/t15-/m1/s1. The van der Waals surface area contributed by atoms with Crippen molar-refractivity contribution in [3.63, 3.8) is 0 Å². The van der Waals surface area contributed by atoms with E-state index in [2.05, 4.69) is 5.32 Å². The van der Waals surface area contributed by atoms with Crippen LogP contribution in [0.2, 0.25) is 0 Å². The Labute approximate surface area is 141 Å². The van der Waals surface area contributed by atoms with Crippen LogP contribution in [0.15, 0.2) is 42.5 Å². The molecule has 0 aliphatic carbocycles. The molecule has 0 aliphatic rings. The third-order valence-electron chi connectivity index (χ3n) is 3.49. The zero-order valence-corrected chi connectivity index (χ0v) is 14.2. The number of fused-ring (bicyclic) bond motifs is 1. The van der Waals surface area contributed by atoms with Crippen molar-refractivity contribution in [2.75, 3.05) is 0 Å². The van der Waals surface area contributed by atoms with Gasteiger partial charge in [-0.25, -0.2) is 4.79 Å². The van der Waals surface area contributed by atoms with Crippen LogP contribution in [0.25, 0.3) is 10.8 Å². The Morgan fingerprint density at radius 3 is 2.46 bits per heavy atom. The molecule has 1 amide bonds. The lowest BCUT2D eigenvalue weighted by Gasteiger charge is -2.23. The number of carbonyl (C=O) groups is 2. The van der Waals surface area contributed by atoms with Crippen molar-refractivity contribution in [1.29, 1.82) is 0 Å². The summed E-state index contributed by atoms with van der Waals surface area (Å²) in [4.78, 5) is 23.1. The van der Waals surface area contributed by atoms with E-state index >= 15 is 0 Å². The number of hydrogen-bond acceptors (Lipinski definition) is 3. The number of ether oxygens (including phenoxy) is 1. The van der Waals surface area contributed by atoms with Crippen molar-refractivity contribution >= 4 is 22.8 Å². The quantitative estimate of drug-likeness (QED) is 0.876. The van der Waals surface area contributed by atoms with Gasteiger partial charge in [-0.3, -0.25) is 4.79 Å². The van der Waals surface area contributed by atoms with Gasteiger partial charge in [0.2, 0.25) is 0 Å². The van der Waals surface area contributed by atoms with Crippen molar-refractivity contribution < 1.29 is 19.4 Å². The molecule has 0 saturated heterocycles. The van der Waals surface area contributed by atoms with E-state index in [1.165, 1.54) is 0 Å². The topological polar surface area (TPSA) is 75.6 Å². The van der Waals surface area contributed by atoms with Gasteiger partial charge in [-0.05, 0) is 43.5 Å². The van der Waals surface area contributed by atoms with Crippen LogP contribution in [0, 0.1) is 0 Å². The van der Waals surface area contributed by atoms with E-state index in [0.29, 0.717) is 6.42 Å². The molecule has 5 nitrogen and oxygen atoms in total. The number of alkyl carbamates (subject to hydrolysis) is 1. The van der Waals surface area contributed by atoms with Gasteiger partial charge < -0.3 is 15.2 Å². The molecule has 5 heteroatoms. The summed E-state index contributed by atoms with van der Waals surface area (Å²) in [6.07, 6.45) is -0.344. The van der Waals surface area contributed by atoms with Crippen molar-refractivity contribution in [3.05, 3.63) is 48.0 Å². The Kier molecular flexibility index (Phi) is 5.44. The molecule has 2 aromatic carbocycles. The van der Waals surface area contributed by atoms with Crippen molar-refractivity contribution in [3.8, 4) is 0 Å². The van der Waals surface area contributed by atoms with Gasteiger partial charge in [0, 0.05) is 6.04 Å². The first kappa shape index (κ1) is 17.8. The van der Waals surface area contributed by atoms with E-state index in [9.17, 15) is 9.59 Å². The zero-order valence-electron chi connectivity index (χ0n) is 14.2. The number of amides is 1. The molecule has 0 aliphatic heterocycles. The summed E-state index contributed by atoms with van der Waals surface area (Å²) in [6, 6.07) is 13.3. The summed E-state index contributed by atoms with van der Waals surface area (Å²) in [6.45, 7) is 5.30. The average molecular weight is 329 g/mol. The minimum Gasteiger partial charge on any atom is -0.481 e. The monoisotopic (exact) mass is 329 g/mol. The van der Waals surface area contributed by atoms with Crippen LogP contribution in [-0.2, 0) is 16.0 Å². The third kappa shape index (κ3) is 5.26. The van der Waals surface area contributed by atoms with Gasteiger partial charge in [-0.15, -0.1) is 0 Å². The smallest absolute Gasteiger partial charge is 0.407 e. The summed E-state index contributed by atoms with van der Waals surface area (Å²) < 4.78 is 5.23. The Bertz CT molecular complexity index is 728. The molecule has 1 atom stereocenters. The van der Waals surface area contributed by atoms with Gasteiger partial charge >= 0.3 is 12.1 Å². The second kappa shape index (κ2) is 7.34. The number of nitrogens with one attached hydrogen (secondary N) is 1. The molecule has 2 rings (SSSR count).